The quantitative estimate of drug-likeness (QED) is 0.197. The van der Waals surface area contributed by atoms with Crippen LogP contribution in [0.2, 0.25) is 10.2 Å². The first-order valence-electron chi connectivity index (χ1n) is 8.72. The standard InChI is InChI=1S/C20H14Cl3N3O2S/c1-3-28-20(27)13-9(2)24-19-15(14(13)10-4-6-11(22)7-5-10)16-17(29-19)18(23)26-12(8-21)25-16/h4-7H,3,8H2,1-2H3. The number of nitrogens with zero attached hydrogens (tertiary/aromatic N) is 3. The second kappa shape index (κ2) is 8.03. The van der Waals surface area contributed by atoms with Crippen molar-refractivity contribution in [3.8, 4) is 11.1 Å². The summed E-state index contributed by atoms with van der Waals surface area (Å²) >= 11 is 19.8. The van der Waals surface area contributed by atoms with E-state index in [2.05, 4.69) is 15.0 Å². The van der Waals surface area contributed by atoms with Gasteiger partial charge in [-0.1, -0.05) is 35.3 Å². The van der Waals surface area contributed by atoms with Crippen molar-refractivity contribution in [2.75, 3.05) is 6.61 Å². The third-order valence-corrected chi connectivity index (χ3v) is 6.34. The van der Waals surface area contributed by atoms with Crippen LogP contribution in [0.1, 0.15) is 28.8 Å². The second-order valence-electron chi connectivity index (χ2n) is 6.20. The molecule has 0 aliphatic carbocycles. The van der Waals surface area contributed by atoms with Gasteiger partial charge in [0.15, 0.2) is 5.15 Å². The number of halogens is 3. The molecule has 0 aliphatic rings. The minimum atomic E-state index is -0.443. The zero-order valence-corrected chi connectivity index (χ0v) is 18.5. The van der Waals surface area contributed by atoms with Gasteiger partial charge < -0.3 is 4.74 Å². The first-order chi connectivity index (χ1) is 13.9. The molecule has 0 atom stereocenters. The van der Waals surface area contributed by atoms with Gasteiger partial charge in [-0.2, -0.15) is 0 Å². The molecule has 0 bridgehead atoms. The molecule has 29 heavy (non-hydrogen) atoms. The minimum Gasteiger partial charge on any atom is -0.462 e. The highest BCUT2D eigenvalue weighted by molar-refractivity contribution is 7.26. The van der Waals surface area contributed by atoms with E-state index in [9.17, 15) is 4.79 Å². The van der Waals surface area contributed by atoms with Gasteiger partial charge in [-0.3, -0.25) is 0 Å². The summed E-state index contributed by atoms with van der Waals surface area (Å²) in [5, 5.41) is 1.63. The van der Waals surface area contributed by atoms with E-state index in [0.717, 1.165) is 10.9 Å². The van der Waals surface area contributed by atoms with Crippen LogP contribution in [0.3, 0.4) is 0 Å². The molecular weight excluding hydrogens is 453 g/mol. The van der Waals surface area contributed by atoms with Gasteiger partial charge in [-0.25, -0.2) is 19.7 Å². The molecule has 0 radical (unpaired) electrons. The Morgan fingerprint density at radius 3 is 2.52 bits per heavy atom. The van der Waals surface area contributed by atoms with Crippen LogP contribution in [0.15, 0.2) is 24.3 Å². The topological polar surface area (TPSA) is 65.0 Å². The highest BCUT2D eigenvalue weighted by Crippen LogP contribution is 2.43. The lowest BCUT2D eigenvalue weighted by atomic mass is 9.95. The number of esters is 1. The maximum atomic E-state index is 12.9. The van der Waals surface area contributed by atoms with Crippen LogP contribution in [0.5, 0.6) is 0 Å². The molecule has 0 amide bonds. The van der Waals surface area contributed by atoms with Crippen LogP contribution in [-0.2, 0) is 10.6 Å². The molecule has 3 aromatic heterocycles. The van der Waals surface area contributed by atoms with Crippen LogP contribution >= 0.6 is 46.1 Å². The molecule has 0 saturated heterocycles. The fraction of sp³-hybridized carbons (Fsp3) is 0.200. The maximum absolute atomic E-state index is 12.9. The Balaban J connectivity index is 2.19. The molecule has 0 aliphatic heterocycles. The average molecular weight is 467 g/mol. The van der Waals surface area contributed by atoms with Gasteiger partial charge in [0.1, 0.15) is 10.7 Å². The second-order valence-corrected chi connectivity index (χ2v) is 8.26. The number of ether oxygens (including phenoxy) is 1. The first-order valence-corrected chi connectivity index (χ1v) is 10.8. The third kappa shape index (κ3) is 3.55. The highest BCUT2D eigenvalue weighted by Gasteiger charge is 2.25. The first kappa shape index (κ1) is 20.3. The number of benzene rings is 1. The number of hydrogen-bond acceptors (Lipinski definition) is 6. The third-order valence-electron chi connectivity index (χ3n) is 4.38. The molecule has 9 heteroatoms. The summed E-state index contributed by atoms with van der Waals surface area (Å²) in [6, 6.07) is 7.25. The summed E-state index contributed by atoms with van der Waals surface area (Å²) in [4.78, 5) is 27.0. The van der Waals surface area contributed by atoms with E-state index in [1.165, 1.54) is 11.3 Å². The van der Waals surface area contributed by atoms with Crippen molar-refractivity contribution in [2.24, 2.45) is 0 Å². The van der Waals surface area contributed by atoms with Gasteiger partial charge in [0.25, 0.3) is 0 Å². The van der Waals surface area contributed by atoms with Gasteiger partial charge in [0.2, 0.25) is 0 Å². The zero-order chi connectivity index (χ0) is 20.7. The van der Waals surface area contributed by atoms with Crippen LogP contribution in [0, 0.1) is 6.92 Å². The fourth-order valence-electron chi connectivity index (χ4n) is 3.21. The van der Waals surface area contributed by atoms with Gasteiger partial charge in [0, 0.05) is 16.0 Å². The maximum Gasteiger partial charge on any atom is 0.340 e. The monoisotopic (exact) mass is 465 g/mol. The largest absolute Gasteiger partial charge is 0.462 e. The molecule has 148 valence electrons. The number of aromatic nitrogens is 3. The summed E-state index contributed by atoms with van der Waals surface area (Å²) in [7, 11) is 0. The van der Waals surface area contributed by atoms with Crippen molar-refractivity contribution in [3.05, 3.63) is 51.5 Å². The van der Waals surface area contributed by atoms with Gasteiger partial charge in [0.05, 0.1) is 34.0 Å². The average Bonchev–Trinajstić information content (AvgIpc) is 3.06. The van der Waals surface area contributed by atoms with Crippen molar-refractivity contribution < 1.29 is 9.53 Å². The summed E-state index contributed by atoms with van der Waals surface area (Å²) < 4.78 is 6.01. The summed E-state index contributed by atoms with van der Waals surface area (Å²) in [6.45, 7) is 3.80. The molecule has 5 nitrogen and oxygen atoms in total. The SMILES string of the molecule is CCOC(=O)c1c(C)nc2sc3c(Cl)nc(CCl)nc3c2c1-c1ccc(Cl)cc1. The molecule has 4 rings (SSSR count). The predicted molar refractivity (Wildman–Crippen MR) is 118 cm³/mol. The van der Waals surface area contributed by atoms with Crippen molar-refractivity contribution in [3.63, 3.8) is 0 Å². The minimum absolute atomic E-state index is 0.118. The highest BCUT2D eigenvalue weighted by atomic mass is 35.5. The normalized spacial score (nSPS) is 11.3. The molecule has 0 N–H and O–H groups in total. The Hall–Kier alpha value is -1.99. The van der Waals surface area contributed by atoms with E-state index in [1.807, 2.05) is 12.1 Å². The molecule has 3 heterocycles. The molecule has 0 unspecified atom stereocenters. The zero-order valence-electron chi connectivity index (χ0n) is 15.4. The number of aryl methyl sites for hydroxylation is 1. The molecule has 4 aromatic rings. The number of alkyl halides is 1. The van der Waals surface area contributed by atoms with Gasteiger partial charge >= 0.3 is 5.97 Å². The summed E-state index contributed by atoms with van der Waals surface area (Å²) in [6.07, 6.45) is 0. The Morgan fingerprint density at radius 2 is 1.86 bits per heavy atom. The van der Waals surface area contributed by atoms with Crippen LogP contribution in [-0.4, -0.2) is 27.5 Å². The van der Waals surface area contributed by atoms with Crippen LogP contribution in [0.4, 0.5) is 0 Å². The van der Waals surface area contributed by atoms with E-state index >= 15 is 0 Å². The van der Waals surface area contributed by atoms with Crippen molar-refractivity contribution >= 4 is 72.5 Å². The smallest absolute Gasteiger partial charge is 0.340 e. The molecular formula is C20H14Cl3N3O2S. The number of pyridine rings is 1. The number of carbonyl (C=O) groups is 1. The number of rotatable bonds is 4. The number of thiophene rings is 1. The van der Waals surface area contributed by atoms with E-state index in [1.54, 1.807) is 26.0 Å². The fourth-order valence-corrected chi connectivity index (χ4v) is 4.81. The number of fused-ring (bicyclic) bond motifs is 3. The van der Waals surface area contributed by atoms with Crippen LogP contribution in [0.25, 0.3) is 31.6 Å². The lowest BCUT2D eigenvalue weighted by molar-refractivity contribution is 0.0526. The van der Waals surface area contributed by atoms with E-state index in [0.29, 0.717) is 47.9 Å². The van der Waals surface area contributed by atoms with E-state index in [-0.39, 0.29) is 12.5 Å². The Labute approximate surface area is 185 Å². The predicted octanol–water partition coefficient (Wildman–Crippen LogP) is 6.44. The van der Waals surface area contributed by atoms with Gasteiger partial charge in [-0.15, -0.1) is 22.9 Å². The summed E-state index contributed by atoms with van der Waals surface area (Å²) in [5.74, 6) is 0.0819. The van der Waals surface area contributed by atoms with Gasteiger partial charge in [-0.05, 0) is 31.5 Å². The lowest BCUT2D eigenvalue weighted by Gasteiger charge is -2.13. The Bertz CT molecular complexity index is 1260. The summed E-state index contributed by atoms with van der Waals surface area (Å²) in [5.41, 5.74) is 3.06. The lowest BCUT2D eigenvalue weighted by Crippen LogP contribution is -2.10. The molecule has 0 saturated carbocycles. The number of hydrogen-bond donors (Lipinski definition) is 0. The molecule has 0 fully saturated rings. The molecule has 0 spiro atoms. The van der Waals surface area contributed by atoms with Crippen LogP contribution < -0.4 is 0 Å². The Morgan fingerprint density at radius 1 is 1.14 bits per heavy atom. The van der Waals surface area contributed by atoms with E-state index in [4.69, 9.17) is 39.5 Å². The Kier molecular flexibility index (Phi) is 5.62. The van der Waals surface area contributed by atoms with Crippen molar-refractivity contribution in [2.45, 2.75) is 19.7 Å². The molecule has 1 aromatic carbocycles. The van der Waals surface area contributed by atoms with Crippen molar-refractivity contribution in [1.29, 1.82) is 0 Å². The van der Waals surface area contributed by atoms with Crippen molar-refractivity contribution in [1.82, 2.24) is 15.0 Å². The van der Waals surface area contributed by atoms with E-state index < -0.39 is 5.97 Å². The number of carbonyl (C=O) groups excluding carboxylic acids is 1.